The summed E-state index contributed by atoms with van der Waals surface area (Å²) in [5.74, 6) is 1.14. The summed E-state index contributed by atoms with van der Waals surface area (Å²) in [4.78, 5) is 11.5. The summed E-state index contributed by atoms with van der Waals surface area (Å²) in [7, 11) is 3.40. The van der Waals surface area contributed by atoms with Crippen LogP contribution in [0.3, 0.4) is 0 Å². The van der Waals surface area contributed by atoms with E-state index in [9.17, 15) is 4.79 Å². The first kappa shape index (κ1) is 12.4. The van der Waals surface area contributed by atoms with Crippen LogP contribution in [0.25, 0.3) is 0 Å². The van der Waals surface area contributed by atoms with Crippen LogP contribution < -0.4 is 5.32 Å². The van der Waals surface area contributed by atoms with E-state index in [1.165, 1.54) is 5.57 Å². The van der Waals surface area contributed by atoms with Crippen LogP contribution in [0.5, 0.6) is 0 Å². The Morgan fingerprint density at radius 1 is 1.54 bits per heavy atom. The fraction of sp³-hybridized carbons (Fsp3) is 0.571. The van der Waals surface area contributed by atoms with Crippen LogP contribution in [-0.4, -0.2) is 17.0 Å². The van der Waals surface area contributed by atoms with Gasteiger partial charge in [-0.15, -0.1) is 0 Å². The van der Waals surface area contributed by atoms with Crippen molar-refractivity contribution in [1.82, 2.24) is 5.32 Å². The maximum Gasteiger partial charge on any atom is 0.248 e. The van der Waals surface area contributed by atoms with E-state index >= 15 is 0 Å². The first-order valence-electron chi connectivity index (χ1n) is 3.72. The van der Waals surface area contributed by atoms with Crippen molar-refractivity contribution in [2.45, 2.75) is 18.7 Å². The Hall–Kier alpha value is 1.37. The van der Waals surface area contributed by atoms with Gasteiger partial charge in [-0.05, 0) is 61.3 Å². The zero-order valence-corrected chi connectivity index (χ0v) is 12.9. The molecule has 0 saturated heterocycles. The van der Waals surface area contributed by atoms with Crippen LogP contribution in [0.2, 0.25) is 0 Å². The molecule has 1 rings (SSSR count). The van der Waals surface area contributed by atoms with Gasteiger partial charge in [0.05, 0.1) is 0 Å². The monoisotopic (exact) mass is 441 g/mol. The zero-order valence-electron chi connectivity index (χ0n) is 6.97. The van der Waals surface area contributed by atoms with E-state index in [1.54, 1.807) is 17.9 Å². The molecule has 0 aromatic carbocycles. The van der Waals surface area contributed by atoms with Crippen molar-refractivity contribution in [2.24, 2.45) is 0 Å². The minimum atomic E-state index is 0.122. The molecule has 0 bridgehead atoms. The zero-order chi connectivity index (χ0) is 9.84. The second-order valence-corrected chi connectivity index (χ2v) is 7.34. The normalized spacial score (nSPS) is 22.4. The highest BCUT2D eigenvalue weighted by molar-refractivity contribution is 14.2. The van der Waals surface area contributed by atoms with Crippen molar-refractivity contribution in [3.8, 4) is 0 Å². The predicted molar refractivity (Wildman–Crippen MR) is 77.3 cm³/mol. The fourth-order valence-electron chi connectivity index (χ4n) is 1.19. The van der Waals surface area contributed by atoms with Crippen LogP contribution in [0.1, 0.15) is 13.3 Å². The summed E-state index contributed by atoms with van der Waals surface area (Å²) >= 11 is 4.48. The Labute approximate surface area is 111 Å². The topological polar surface area (TPSA) is 29.1 Å². The molecule has 0 fully saturated rings. The highest BCUT2D eigenvalue weighted by atomic mass is 127. The highest BCUT2D eigenvalue weighted by Gasteiger charge is 2.27. The van der Waals surface area contributed by atoms with Gasteiger partial charge in [0.15, 0.2) is 0 Å². The second-order valence-electron chi connectivity index (χ2n) is 2.67. The van der Waals surface area contributed by atoms with Crippen LogP contribution >= 0.6 is 60.3 Å². The minimum absolute atomic E-state index is 0.122. The molecule has 1 amide bonds. The van der Waals surface area contributed by atoms with Crippen molar-refractivity contribution >= 4 is 66.2 Å². The van der Waals surface area contributed by atoms with E-state index in [0.717, 1.165) is 17.7 Å². The molecule has 1 N–H and O–H groups in total. The number of hydrogen-bond donors (Lipinski definition) is 1. The van der Waals surface area contributed by atoms with Crippen molar-refractivity contribution in [3.05, 3.63) is 11.1 Å². The molecule has 6 heteroatoms. The Morgan fingerprint density at radius 3 is 2.69 bits per heavy atom. The van der Waals surface area contributed by atoms with Gasteiger partial charge in [-0.1, -0.05) is 17.9 Å². The molecule has 1 unspecified atom stereocenters. The third kappa shape index (κ3) is 3.16. The lowest BCUT2D eigenvalue weighted by Crippen LogP contribution is -2.24. The summed E-state index contributed by atoms with van der Waals surface area (Å²) in [6.07, 6.45) is 0.888. The van der Waals surface area contributed by atoms with Crippen LogP contribution in [0.4, 0.5) is 0 Å². The largest absolute Gasteiger partial charge is 0.336 e. The van der Waals surface area contributed by atoms with Gasteiger partial charge < -0.3 is 5.32 Å². The van der Waals surface area contributed by atoms with E-state index in [1.807, 2.05) is 6.92 Å². The molecule has 0 aliphatic carbocycles. The average molecular weight is 441 g/mol. The standard InChI is InChI=1S/C7H9I2NOS2/c1-4-5(2-3-12-8)6(11)10-7(4)13-9/h7H,2-3H2,1H3,(H,10,11). The van der Waals surface area contributed by atoms with Crippen molar-refractivity contribution < 1.29 is 4.79 Å². The Kier molecular flexibility index (Phi) is 5.80. The number of halogens is 2. The second kappa shape index (κ2) is 6.06. The summed E-state index contributed by atoms with van der Waals surface area (Å²) in [5, 5.41) is 3.14. The minimum Gasteiger partial charge on any atom is -0.336 e. The lowest BCUT2D eigenvalue weighted by molar-refractivity contribution is -0.116. The number of rotatable bonds is 4. The molecular weight excluding hydrogens is 432 g/mol. The molecule has 2 nitrogen and oxygen atoms in total. The van der Waals surface area contributed by atoms with E-state index < -0.39 is 0 Å². The van der Waals surface area contributed by atoms with Gasteiger partial charge in [0, 0.05) is 11.3 Å². The van der Waals surface area contributed by atoms with Gasteiger partial charge in [0.1, 0.15) is 5.37 Å². The third-order valence-corrected chi connectivity index (χ3v) is 5.78. The molecule has 74 valence electrons. The molecule has 0 spiro atoms. The lowest BCUT2D eigenvalue weighted by atomic mass is 10.1. The first-order valence-corrected chi connectivity index (χ1v) is 10.7. The van der Waals surface area contributed by atoms with Gasteiger partial charge >= 0.3 is 0 Å². The molecule has 1 atom stereocenters. The summed E-state index contributed by atoms with van der Waals surface area (Å²) < 4.78 is 0. The number of carbonyl (C=O) groups excluding carboxylic acids is 1. The van der Waals surface area contributed by atoms with E-state index in [2.05, 4.69) is 47.7 Å². The molecule has 0 saturated carbocycles. The average Bonchev–Trinajstić information content (AvgIpc) is 2.39. The molecule has 1 aliphatic rings. The van der Waals surface area contributed by atoms with Crippen molar-refractivity contribution in [1.29, 1.82) is 0 Å². The van der Waals surface area contributed by atoms with Gasteiger partial charge in [-0.25, -0.2) is 0 Å². The van der Waals surface area contributed by atoms with Gasteiger partial charge in [0.25, 0.3) is 0 Å². The first-order chi connectivity index (χ1) is 6.20. The van der Waals surface area contributed by atoms with E-state index in [4.69, 9.17) is 0 Å². The Morgan fingerprint density at radius 2 is 2.23 bits per heavy atom. The van der Waals surface area contributed by atoms with Gasteiger partial charge in [0.2, 0.25) is 5.91 Å². The Bertz CT molecular complexity index is 245. The number of nitrogens with one attached hydrogen (secondary N) is 1. The van der Waals surface area contributed by atoms with Crippen molar-refractivity contribution in [2.75, 3.05) is 5.75 Å². The lowest BCUT2D eigenvalue weighted by Gasteiger charge is -2.05. The van der Waals surface area contributed by atoms with Crippen molar-refractivity contribution in [3.63, 3.8) is 0 Å². The molecule has 1 aliphatic heterocycles. The predicted octanol–water partition coefficient (Wildman–Crippen LogP) is 3.32. The fourth-order valence-corrected chi connectivity index (χ4v) is 4.09. The number of amides is 1. The van der Waals surface area contributed by atoms with Crippen LogP contribution in [0, 0.1) is 0 Å². The molecule has 1 heterocycles. The van der Waals surface area contributed by atoms with Gasteiger partial charge in [-0.3, -0.25) is 4.79 Å². The molecule has 0 radical (unpaired) electrons. The van der Waals surface area contributed by atoms with Crippen LogP contribution in [-0.2, 0) is 4.79 Å². The third-order valence-electron chi connectivity index (χ3n) is 1.92. The molecular formula is C7H9I2NOS2. The van der Waals surface area contributed by atoms with Gasteiger partial charge in [-0.2, -0.15) is 0 Å². The SMILES string of the molecule is CC1=C(CCSI)C(=O)NC1SI. The molecule has 13 heavy (non-hydrogen) atoms. The van der Waals surface area contributed by atoms with Crippen LogP contribution in [0.15, 0.2) is 11.1 Å². The maximum atomic E-state index is 11.5. The maximum absolute atomic E-state index is 11.5. The molecule has 0 aromatic heterocycles. The quantitative estimate of drug-likeness (QED) is 0.680. The van der Waals surface area contributed by atoms with E-state index in [-0.39, 0.29) is 11.3 Å². The number of hydrogen-bond acceptors (Lipinski definition) is 3. The summed E-state index contributed by atoms with van der Waals surface area (Å²) in [6.45, 7) is 2.04. The number of carbonyl (C=O) groups is 1. The highest BCUT2D eigenvalue weighted by Crippen LogP contribution is 2.31. The molecule has 0 aromatic rings. The summed E-state index contributed by atoms with van der Waals surface area (Å²) in [5.41, 5.74) is 2.19. The Balaban J connectivity index is 2.67. The van der Waals surface area contributed by atoms with E-state index in [0.29, 0.717) is 0 Å². The summed E-state index contributed by atoms with van der Waals surface area (Å²) in [6, 6.07) is 0. The smallest absolute Gasteiger partial charge is 0.248 e.